The van der Waals surface area contributed by atoms with Crippen LogP contribution >= 0.6 is 0 Å². The molecule has 1 aliphatic carbocycles. The predicted octanol–water partition coefficient (Wildman–Crippen LogP) is 5.80. The maximum Gasteiger partial charge on any atom is 0.425 e. The van der Waals surface area contributed by atoms with Crippen LogP contribution in [0.25, 0.3) is 11.1 Å². The zero-order chi connectivity index (χ0) is 57.8. The Morgan fingerprint density at radius 1 is 0.463 bits per heavy atom. The zero-order valence-corrected chi connectivity index (χ0v) is 42.8. The van der Waals surface area contributed by atoms with Crippen molar-refractivity contribution in [1.29, 1.82) is 0 Å². The molecule has 82 heavy (non-hydrogen) atoms. The molecule has 0 atom stereocenters. The van der Waals surface area contributed by atoms with E-state index in [-0.39, 0.29) is 36.5 Å². The van der Waals surface area contributed by atoms with E-state index in [1.54, 1.807) is 43.3 Å². The summed E-state index contributed by atoms with van der Waals surface area (Å²) >= 11 is 0. The molecule has 0 unspecified atom stereocenters. The second-order valence-electron chi connectivity index (χ2n) is 14.5. The molecule has 8 heteroatoms. The van der Waals surface area contributed by atoms with E-state index in [0.29, 0.717) is 22.4 Å². The number of fused-ring (bicyclic) bond motifs is 3. The van der Waals surface area contributed by atoms with Gasteiger partial charge in [0, 0.05) is 160 Å². The summed E-state index contributed by atoms with van der Waals surface area (Å²) in [5.74, 6) is 99.0. The molecule has 0 spiro atoms. The van der Waals surface area contributed by atoms with Gasteiger partial charge in [-0.2, -0.15) is 0 Å². The van der Waals surface area contributed by atoms with Gasteiger partial charge in [0.2, 0.25) is 0 Å². The van der Waals surface area contributed by atoms with Crippen molar-refractivity contribution in [1.82, 2.24) is 10.7 Å². The minimum absolute atomic E-state index is 0.0843. The smallest absolute Gasteiger partial charge is 0.425 e. The SMILES string of the molecule is C#CC#CC#CC#CC#CC#CC#CC#CC#CC#CC#COc1cc(CNC(=O)c2ccc(NNC(=O)OCC3c4ccccc4-c4ccccc43)cc2)cc(C)c1OC#CC#CC#CC#CC#CC#CC#CC#CC#CC#CC#C. The molecular formula is C74H27N3O5. The molecule has 0 aliphatic heterocycles. The first-order valence-electron chi connectivity index (χ1n) is 23.1. The Balaban J connectivity index is 1.18. The van der Waals surface area contributed by atoms with Gasteiger partial charge in [-0.1, -0.05) is 54.6 Å². The first kappa shape index (κ1) is 58.2. The lowest BCUT2D eigenvalue weighted by atomic mass is 9.98. The average Bonchev–Trinajstić information content (AvgIpc) is 3.58. The van der Waals surface area contributed by atoms with E-state index in [4.69, 9.17) is 27.1 Å². The number of benzene rings is 4. The quantitative estimate of drug-likeness (QED) is 0.145. The molecule has 3 N–H and O–H groups in total. The Hall–Kier alpha value is -14.7. The highest BCUT2D eigenvalue weighted by molar-refractivity contribution is 5.94. The first-order chi connectivity index (χ1) is 40.5. The maximum absolute atomic E-state index is 13.3. The summed E-state index contributed by atoms with van der Waals surface area (Å²) in [6.45, 7) is 2.01. The third kappa shape index (κ3) is 22.2. The molecule has 5 rings (SSSR count). The highest BCUT2D eigenvalue weighted by Gasteiger charge is 2.29. The van der Waals surface area contributed by atoms with E-state index in [1.807, 2.05) is 36.4 Å². The van der Waals surface area contributed by atoms with Crippen molar-refractivity contribution in [3.63, 3.8) is 0 Å². The van der Waals surface area contributed by atoms with Crippen LogP contribution in [0.1, 0.15) is 38.5 Å². The molecule has 0 saturated carbocycles. The van der Waals surface area contributed by atoms with Gasteiger partial charge in [-0.05, 0) is 165 Å². The van der Waals surface area contributed by atoms with Gasteiger partial charge >= 0.3 is 6.09 Å². The van der Waals surface area contributed by atoms with Crippen molar-refractivity contribution < 1.29 is 23.8 Å². The molecule has 0 fully saturated rings. The number of amides is 2. The summed E-state index contributed by atoms with van der Waals surface area (Å²) in [6, 6.07) is 26.1. The molecule has 2 amide bonds. The molecule has 0 heterocycles. The maximum atomic E-state index is 13.3. The second-order valence-corrected chi connectivity index (χ2v) is 14.5. The van der Waals surface area contributed by atoms with Crippen LogP contribution in [-0.2, 0) is 11.3 Å². The lowest BCUT2D eigenvalue weighted by Crippen LogP contribution is -2.31. The Labute approximate surface area is 478 Å². The van der Waals surface area contributed by atoms with Crippen molar-refractivity contribution >= 4 is 17.7 Å². The highest BCUT2D eigenvalue weighted by Crippen LogP contribution is 2.44. The normalized spacial score (nSPS) is 7.70. The number of ether oxygens (including phenoxy) is 3. The van der Waals surface area contributed by atoms with E-state index >= 15 is 0 Å². The van der Waals surface area contributed by atoms with Gasteiger partial charge in [0.1, 0.15) is 18.8 Å². The van der Waals surface area contributed by atoms with Gasteiger partial charge < -0.3 is 19.5 Å². The number of carbonyl (C=O) groups is 2. The average molecular weight is 1040 g/mol. The Kier molecular flexibility index (Phi) is 25.8. The molecule has 1 aliphatic rings. The van der Waals surface area contributed by atoms with E-state index in [1.165, 1.54) is 0 Å². The van der Waals surface area contributed by atoms with Gasteiger partial charge in [0.05, 0.1) is 5.69 Å². The molecule has 4 aromatic carbocycles. The topological polar surface area (TPSA) is 97.9 Å². The summed E-state index contributed by atoms with van der Waals surface area (Å²) in [4.78, 5) is 26.0. The van der Waals surface area contributed by atoms with Gasteiger partial charge in [-0.3, -0.25) is 10.2 Å². The predicted molar refractivity (Wildman–Crippen MR) is 315 cm³/mol. The van der Waals surface area contributed by atoms with Crippen LogP contribution in [-0.4, -0.2) is 18.6 Å². The number of rotatable bonds is 9. The first-order valence-corrected chi connectivity index (χ1v) is 23.1. The standard InChI is InChI=1S/C74H27N3O5/c1-4-6-8-10-12-14-16-18-20-22-24-26-28-30-32-34-36-38-40-46-56-80-71-59-63(58-62(3)72(71)81-57-47-41-39-37-35-33-31-29-27-25-23-21-19-17-15-13-11-9-7-5-2)60-75-73(78)64-52-54-65(55-53-64)76-77-74(79)82-61-70-68-50-44-42-48-66(68)67-49-43-45-51-69(67)70/h1-2,42-45,48-55,58-59,70,76H,60-61H2,3H3,(H,75,78)(H,77,79). The van der Waals surface area contributed by atoms with Crippen LogP contribution < -0.4 is 25.6 Å². The fourth-order valence-electron chi connectivity index (χ4n) is 6.21. The molecule has 368 valence electrons. The minimum atomic E-state index is -0.655. The number of carbonyl (C=O) groups excluding carboxylic acids is 2. The number of hydrogen-bond acceptors (Lipinski definition) is 6. The van der Waals surface area contributed by atoms with Crippen LogP contribution in [0.2, 0.25) is 0 Å². The molecule has 0 saturated heterocycles. The van der Waals surface area contributed by atoms with Crippen molar-refractivity contribution in [3.8, 4) is 285 Å². The van der Waals surface area contributed by atoms with Gasteiger partial charge in [-0.15, -0.1) is 12.8 Å². The van der Waals surface area contributed by atoms with Crippen molar-refractivity contribution in [2.45, 2.75) is 19.4 Å². The molecule has 8 nitrogen and oxygen atoms in total. The van der Waals surface area contributed by atoms with Gasteiger partial charge in [-0.25, -0.2) is 10.2 Å². The number of hydrazine groups is 1. The third-order valence-electron chi connectivity index (χ3n) is 9.36. The van der Waals surface area contributed by atoms with Crippen LogP contribution in [0, 0.1) is 269 Å². The number of nitrogens with one attached hydrogen (secondary N) is 3. The van der Waals surface area contributed by atoms with Crippen LogP contribution in [0.15, 0.2) is 84.9 Å². The summed E-state index contributed by atoms with van der Waals surface area (Å²) in [6.07, 6.45) is 14.3. The largest absolute Gasteiger partial charge is 0.447 e. The fraction of sp³-hybridized carbons (Fsp3) is 0.0541. The fourth-order valence-corrected chi connectivity index (χ4v) is 6.21. The Morgan fingerprint density at radius 3 is 1.26 bits per heavy atom. The third-order valence-corrected chi connectivity index (χ3v) is 9.36. The van der Waals surface area contributed by atoms with Crippen LogP contribution in [0.4, 0.5) is 10.5 Å². The Bertz CT molecular complexity index is 4690. The number of hydrogen-bond donors (Lipinski definition) is 3. The highest BCUT2D eigenvalue weighted by atomic mass is 16.6. The lowest BCUT2D eigenvalue weighted by Gasteiger charge is -2.15. The number of aryl methyl sites for hydroxylation is 1. The molecule has 0 bridgehead atoms. The van der Waals surface area contributed by atoms with Gasteiger partial charge in [0.15, 0.2) is 11.5 Å². The van der Waals surface area contributed by atoms with Crippen molar-refractivity contribution in [2.24, 2.45) is 0 Å². The lowest BCUT2D eigenvalue weighted by molar-refractivity contribution is 0.0950. The number of anilines is 1. The number of terminal acetylenes is 2. The van der Waals surface area contributed by atoms with Crippen molar-refractivity contribution in [3.05, 3.63) is 113 Å². The van der Waals surface area contributed by atoms with Crippen LogP contribution in [0.5, 0.6) is 11.5 Å². The van der Waals surface area contributed by atoms with E-state index in [2.05, 4.69) is 277 Å². The van der Waals surface area contributed by atoms with Gasteiger partial charge in [0.25, 0.3) is 5.91 Å². The molecular weight excluding hydrogens is 1010 g/mol. The minimum Gasteiger partial charge on any atom is -0.447 e. The molecule has 0 aromatic heterocycles. The van der Waals surface area contributed by atoms with Crippen molar-refractivity contribution in [2.75, 3.05) is 12.0 Å². The van der Waals surface area contributed by atoms with Crippen LogP contribution in [0.3, 0.4) is 0 Å². The summed E-state index contributed by atoms with van der Waals surface area (Å²) in [5, 5.41) is 2.89. The van der Waals surface area contributed by atoms with E-state index in [0.717, 1.165) is 22.3 Å². The molecule has 0 radical (unpaired) electrons. The second kappa shape index (κ2) is 36.3. The Morgan fingerprint density at radius 2 is 0.841 bits per heavy atom. The van der Waals surface area contributed by atoms with E-state index < -0.39 is 6.09 Å². The summed E-state index contributed by atoms with van der Waals surface area (Å²) in [5.41, 5.74) is 12.0. The summed E-state index contributed by atoms with van der Waals surface area (Å²) in [7, 11) is 0. The molecule has 4 aromatic rings. The zero-order valence-electron chi connectivity index (χ0n) is 42.8. The summed E-state index contributed by atoms with van der Waals surface area (Å²) < 4.78 is 17.1. The van der Waals surface area contributed by atoms with E-state index in [9.17, 15) is 9.59 Å². The monoisotopic (exact) mass is 1040 g/mol.